The predicted molar refractivity (Wildman–Crippen MR) is 57.2 cm³/mol. The Morgan fingerprint density at radius 1 is 1.53 bits per heavy atom. The van der Waals surface area contributed by atoms with E-state index in [1.54, 1.807) is 12.1 Å². The van der Waals surface area contributed by atoms with Gasteiger partial charge in [0.2, 0.25) is 5.91 Å². The molecule has 0 unspecified atom stereocenters. The third-order valence-corrected chi connectivity index (χ3v) is 1.67. The topological polar surface area (TPSA) is 54.9 Å². The molecule has 0 saturated carbocycles. The van der Waals surface area contributed by atoms with Gasteiger partial charge in [0.15, 0.2) is 5.15 Å². The molecule has 0 aliphatic heterocycles. The van der Waals surface area contributed by atoms with E-state index in [2.05, 4.69) is 27.4 Å². The Morgan fingerprint density at radius 3 is 2.93 bits per heavy atom. The molecule has 1 amide bonds. The zero-order valence-corrected chi connectivity index (χ0v) is 9.01. The lowest BCUT2D eigenvalue weighted by atomic mass is 10.3. The molecule has 1 N–H and O–H groups in total. The highest BCUT2D eigenvalue weighted by molar-refractivity contribution is 6.29. The third-order valence-electron chi connectivity index (χ3n) is 1.47. The van der Waals surface area contributed by atoms with Crippen LogP contribution in [0.5, 0.6) is 0 Å². The molecule has 0 aromatic carbocycles. The predicted octanol–water partition coefficient (Wildman–Crippen LogP) is 1.01. The summed E-state index contributed by atoms with van der Waals surface area (Å²) >= 11 is 5.56. The molecule has 0 aliphatic carbocycles. The van der Waals surface area contributed by atoms with E-state index < -0.39 is 0 Å². The van der Waals surface area contributed by atoms with E-state index in [0.29, 0.717) is 23.8 Å². The van der Waals surface area contributed by atoms with Crippen molar-refractivity contribution in [3.8, 4) is 11.8 Å². The van der Waals surface area contributed by atoms with Crippen LogP contribution in [0.15, 0.2) is 12.1 Å². The van der Waals surface area contributed by atoms with Crippen LogP contribution < -0.4 is 5.32 Å². The Kier molecular flexibility index (Phi) is 4.58. The summed E-state index contributed by atoms with van der Waals surface area (Å²) in [5, 5.41) is 10.4. The Balaban J connectivity index is 2.38. The summed E-state index contributed by atoms with van der Waals surface area (Å²) in [5.74, 6) is 5.63. The standard InChI is InChI=1S/C10H10ClN3O/c1-8(15)12-7-3-2-4-9-5-6-10(11)14-13-9/h5-6H,3,7H2,1H3,(H,12,15). The monoisotopic (exact) mass is 223 g/mol. The first kappa shape index (κ1) is 11.5. The van der Waals surface area contributed by atoms with Gasteiger partial charge in [-0.05, 0) is 18.1 Å². The van der Waals surface area contributed by atoms with Crippen molar-refractivity contribution in [2.45, 2.75) is 13.3 Å². The van der Waals surface area contributed by atoms with Gasteiger partial charge in [-0.15, -0.1) is 10.2 Å². The number of nitrogens with one attached hydrogen (secondary N) is 1. The van der Waals surface area contributed by atoms with Crippen LogP contribution in [0.2, 0.25) is 5.15 Å². The molecule has 15 heavy (non-hydrogen) atoms. The summed E-state index contributed by atoms with van der Waals surface area (Å²) in [4.78, 5) is 10.5. The van der Waals surface area contributed by atoms with E-state index >= 15 is 0 Å². The van der Waals surface area contributed by atoms with Crippen LogP contribution in [0.1, 0.15) is 19.0 Å². The van der Waals surface area contributed by atoms with Crippen LogP contribution in [-0.2, 0) is 4.79 Å². The second kappa shape index (κ2) is 5.99. The Labute approximate surface area is 93.0 Å². The first-order valence-corrected chi connectivity index (χ1v) is 4.79. The number of rotatable bonds is 2. The maximum Gasteiger partial charge on any atom is 0.216 e. The molecule has 0 fully saturated rings. The fraction of sp³-hybridized carbons (Fsp3) is 0.300. The van der Waals surface area contributed by atoms with E-state index in [9.17, 15) is 4.79 Å². The van der Waals surface area contributed by atoms with Crippen molar-refractivity contribution in [2.24, 2.45) is 0 Å². The summed E-state index contributed by atoms with van der Waals surface area (Å²) in [6, 6.07) is 3.33. The Hall–Kier alpha value is -1.60. The maximum atomic E-state index is 10.5. The number of carbonyl (C=O) groups is 1. The van der Waals surface area contributed by atoms with Crippen molar-refractivity contribution in [1.29, 1.82) is 0 Å². The fourth-order valence-electron chi connectivity index (χ4n) is 0.837. The number of amides is 1. The van der Waals surface area contributed by atoms with E-state index in [-0.39, 0.29) is 5.91 Å². The van der Waals surface area contributed by atoms with E-state index in [1.807, 2.05) is 0 Å². The average molecular weight is 224 g/mol. The third kappa shape index (κ3) is 4.99. The Bertz CT molecular complexity index is 391. The van der Waals surface area contributed by atoms with Crippen LogP contribution in [0.3, 0.4) is 0 Å². The minimum Gasteiger partial charge on any atom is -0.355 e. The maximum absolute atomic E-state index is 10.5. The molecular weight excluding hydrogens is 214 g/mol. The van der Waals surface area contributed by atoms with Gasteiger partial charge in [0.25, 0.3) is 0 Å². The van der Waals surface area contributed by atoms with Gasteiger partial charge in [0.1, 0.15) is 5.69 Å². The minimum absolute atomic E-state index is 0.0527. The van der Waals surface area contributed by atoms with Crippen LogP contribution in [0.25, 0.3) is 0 Å². The lowest BCUT2D eigenvalue weighted by molar-refractivity contribution is -0.118. The molecule has 0 aliphatic rings. The van der Waals surface area contributed by atoms with E-state index in [4.69, 9.17) is 11.6 Å². The molecule has 1 heterocycles. The molecule has 1 rings (SSSR count). The summed E-state index contributed by atoms with van der Waals surface area (Å²) in [7, 11) is 0. The first-order valence-electron chi connectivity index (χ1n) is 4.41. The lowest BCUT2D eigenvalue weighted by Crippen LogP contribution is -2.20. The molecule has 0 spiro atoms. The summed E-state index contributed by atoms with van der Waals surface area (Å²) in [5.41, 5.74) is 0.572. The van der Waals surface area contributed by atoms with Crippen molar-refractivity contribution < 1.29 is 4.79 Å². The van der Waals surface area contributed by atoms with Gasteiger partial charge >= 0.3 is 0 Å². The lowest BCUT2D eigenvalue weighted by Gasteiger charge is -1.94. The molecule has 0 bridgehead atoms. The molecule has 0 radical (unpaired) electrons. The average Bonchev–Trinajstić information content (AvgIpc) is 2.20. The molecule has 1 aromatic rings. The quantitative estimate of drug-likeness (QED) is 0.601. The van der Waals surface area contributed by atoms with Crippen LogP contribution in [-0.4, -0.2) is 22.6 Å². The smallest absolute Gasteiger partial charge is 0.216 e. The highest BCUT2D eigenvalue weighted by Gasteiger charge is 1.90. The van der Waals surface area contributed by atoms with Gasteiger partial charge < -0.3 is 5.32 Å². The molecule has 0 atom stereocenters. The normalized spacial score (nSPS) is 8.93. The molecular formula is C10H10ClN3O. The van der Waals surface area contributed by atoms with Gasteiger partial charge in [0, 0.05) is 19.9 Å². The highest BCUT2D eigenvalue weighted by atomic mass is 35.5. The van der Waals surface area contributed by atoms with Crippen molar-refractivity contribution in [3.05, 3.63) is 23.0 Å². The number of aromatic nitrogens is 2. The van der Waals surface area contributed by atoms with Crippen molar-refractivity contribution in [3.63, 3.8) is 0 Å². The number of hydrogen-bond donors (Lipinski definition) is 1. The minimum atomic E-state index is -0.0527. The van der Waals surface area contributed by atoms with Crippen molar-refractivity contribution in [1.82, 2.24) is 15.5 Å². The molecule has 4 nitrogen and oxygen atoms in total. The summed E-state index contributed by atoms with van der Waals surface area (Å²) < 4.78 is 0. The second-order valence-corrected chi connectivity index (χ2v) is 3.16. The number of nitrogens with zero attached hydrogens (tertiary/aromatic N) is 2. The number of hydrogen-bond acceptors (Lipinski definition) is 3. The zero-order valence-electron chi connectivity index (χ0n) is 8.25. The van der Waals surface area contributed by atoms with E-state index in [1.165, 1.54) is 6.92 Å². The summed E-state index contributed by atoms with van der Waals surface area (Å²) in [6.45, 7) is 2.02. The van der Waals surface area contributed by atoms with Gasteiger partial charge in [-0.25, -0.2) is 0 Å². The molecule has 78 valence electrons. The SMILES string of the molecule is CC(=O)NCCC#Cc1ccc(Cl)nn1. The van der Waals surface area contributed by atoms with Gasteiger partial charge in [-0.2, -0.15) is 0 Å². The van der Waals surface area contributed by atoms with Crippen LogP contribution in [0, 0.1) is 11.8 Å². The van der Waals surface area contributed by atoms with Gasteiger partial charge in [-0.1, -0.05) is 17.5 Å². The fourth-order valence-corrected chi connectivity index (χ4v) is 0.938. The summed E-state index contributed by atoms with van der Waals surface area (Å²) in [6.07, 6.45) is 0.587. The zero-order chi connectivity index (χ0) is 11.1. The molecule has 1 aromatic heterocycles. The highest BCUT2D eigenvalue weighted by Crippen LogP contribution is 2.00. The van der Waals surface area contributed by atoms with Crippen molar-refractivity contribution in [2.75, 3.05) is 6.54 Å². The van der Waals surface area contributed by atoms with Gasteiger partial charge in [0.05, 0.1) is 0 Å². The second-order valence-electron chi connectivity index (χ2n) is 2.78. The number of carbonyl (C=O) groups excluding carboxylic acids is 1. The molecule has 0 saturated heterocycles. The molecule has 5 heteroatoms. The van der Waals surface area contributed by atoms with Crippen LogP contribution in [0.4, 0.5) is 0 Å². The number of halogens is 1. The van der Waals surface area contributed by atoms with Crippen LogP contribution >= 0.6 is 11.6 Å². The van der Waals surface area contributed by atoms with Gasteiger partial charge in [-0.3, -0.25) is 4.79 Å². The first-order chi connectivity index (χ1) is 7.18. The van der Waals surface area contributed by atoms with E-state index in [0.717, 1.165) is 0 Å². The largest absolute Gasteiger partial charge is 0.355 e. The van der Waals surface area contributed by atoms with Crippen molar-refractivity contribution >= 4 is 17.5 Å². The Morgan fingerprint density at radius 2 is 2.33 bits per heavy atom.